The highest BCUT2D eigenvalue weighted by Crippen LogP contribution is 2.30. The minimum absolute atomic E-state index is 0.115. The molecule has 1 aromatic heterocycles. The second-order valence-corrected chi connectivity index (χ2v) is 13.2. The predicted octanol–water partition coefficient (Wildman–Crippen LogP) is 8.47. The molecule has 6 aromatic rings. The number of halogens is 21. The maximum Gasteiger partial charge on any atom is 0.227 e. The number of rotatable bonds is 7. The van der Waals surface area contributed by atoms with E-state index in [1.165, 1.54) is 0 Å². The van der Waals surface area contributed by atoms with Crippen molar-refractivity contribution < 1.29 is 97.2 Å². The van der Waals surface area contributed by atoms with E-state index in [1.54, 1.807) is 0 Å². The van der Waals surface area contributed by atoms with E-state index < -0.39 is 144 Å². The summed E-state index contributed by atoms with van der Waals surface area (Å²) in [6, 6.07) is 13.2. The van der Waals surface area contributed by atoms with Gasteiger partial charge in [-0.15, -0.1) is 21.9 Å². The third kappa shape index (κ3) is 7.47. The maximum atomic E-state index is 15.4. The SMILES string of the molecule is Fc1c(F)c(F)c([B-](c2c(F)c(F)c(F)c(F)c2F)(c2c(F)c(F)c(F)c(F)c2F)c2c(F)c(F)c(F)c(F)c2F)c(F)c1F.O=C(C[n+]1ccccc1)c1ccc(Br)cc1. The molecule has 0 bridgehead atoms. The Morgan fingerprint density at radius 2 is 0.607 bits per heavy atom. The molecular weight excluding hydrogens is 945 g/mol. The third-order valence-corrected chi connectivity index (χ3v) is 9.51. The highest BCUT2D eigenvalue weighted by molar-refractivity contribution is 9.10. The Bertz CT molecular complexity index is 2370. The van der Waals surface area contributed by atoms with E-state index in [1.807, 2.05) is 59.4 Å². The first kappa shape index (κ1) is 46.1. The molecule has 61 heavy (non-hydrogen) atoms. The number of carbonyl (C=O) groups is 1. The molecule has 0 aliphatic heterocycles. The molecule has 0 fully saturated rings. The van der Waals surface area contributed by atoms with Crippen molar-refractivity contribution in [1.29, 1.82) is 0 Å². The summed E-state index contributed by atoms with van der Waals surface area (Å²) in [5.41, 5.74) is -13.6. The second kappa shape index (κ2) is 17.2. The zero-order chi connectivity index (χ0) is 45.7. The quantitative estimate of drug-likeness (QED) is 0.0394. The van der Waals surface area contributed by atoms with Crippen molar-refractivity contribution in [1.82, 2.24) is 0 Å². The summed E-state index contributed by atoms with van der Waals surface area (Å²) in [6.45, 7) is 0.377. The van der Waals surface area contributed by atoms with E-state index in [4.69, 9.17) is 0 Å². The van der Waals surface area contributed by atoms with Crippen molar-refractivity contribution in [2.24, 2.45) is 0 Å². The Balaban J connectivity index is 0.000000366. The van der Waals surface area contributed by atoms with E-state index in [9.17, 15) is 57.5 Å². The van der Waals surface area contributed by atoms with Gasteiger partial charge in [-0.1, -0.05) is 34.1 Å². The first-order valence-corrected chi connectivity index (χ1v) is 16.7. The number of aromatic nitrogens is 1. The van der Waals surface area contributed by atoms with Crippen LogP contribution in [0, 0.1) is 116 Å². The van der Waals surface area contributed by atoms with E-state index in [0.29, 0.717) is 6.54 Å². The lowest BCUT2D eigenvalue weighted by atomic mass is 9.12. The Labute approximate surface area is 334 Å². The number of hydrogen-bond donors (Lipinski definition) is 0. The lowest BCUT2D eigenvalue weighted by Gasteiger charge is -2.44. The van der Waals surface area contributed by atoms with Gasteiger partial charge in [-0.2, -0.15) is 4.57 Å². The number of nitrogens with zero attached hydrogens (tertiary/aromatic N) is 1. The van der Waals surface area contributed by atoms with Crippen LogP contribution in [-0.2, 0) is 6.54 Å². The van der Waals surface area contributed by atoms with Gasteiger partial charge < -0.3 is 0 Å². The molecule has 0 aliphatic rings. The van der Waals surface area contributed by atoms with Crippen LogP contribution >= 0.6 is 15.9 Å². The standard InChI is InChI=1S/C24BF20.C13H11BrNO/c26-5-1(6(27)14(35)21(42)13(5)34)25(2-7(28)15(36)22(43)16(37)8(2)29,3-9(30)17(38)23(44)18(39)10(3)31)4-11(32)19(40)24(45)20(41)12(4)33;14-12-6-4-11(5-7-12)13(16)10-15-8-2-1-3-9-15/h;1-9H,10H2/q-1;+1. The number of Topliss-reactive ketones (excluding diaryl/α,β-unsaturated/α-hetero) is 1. The fourth-order valence-electron chi connectivity index (χ4n) is 6.31. The molecule has 0 unspecified atom stereocenters. The van der Waals surface area contributed by atoms with Gasteiger partial charge in [-0.3, -0.25) is 4.79 Å². The maximum absolute atomic E-state index is 15.4. The molecule has 0 aliphatic carbocycles. The van der Waals surface area contributed by atoms with Gasteiger partial charge in [0.15, 0.2) is 82.2 Å². The van der Waals surface area contributed by atoms with Gasteiger partial charge in [0.1, 0.15) is 52.7 Å². The van der Waals surface area contributed by atoms with Crippen LogP contribution in [0.4, 0.5) is 87.8 Å². The van der Waals surface area contributed by atoms with Crippen LogP contribution in [0.15, 0.2) is 59.3 Å². The molecule has 0 radical (unpaired) electrons. The minimum Gasteiger partial charge on any atom is -0.287 e. The monoisotopic (exact) mass is 955 g/mol. The van der Waals surface area contributed by atoms with Crippen LogP contribution in [0.3, 0.4) is 0 Å². The van der Waals surface area contributed by atoms with Crippen molar-refractivity contribution in [3.63, 3.8) is 0 Å². The largest absolute Gasteiger partial charge is 0.287 e. The Morgan fingerprint density at radius 1 is 0.377 bits per heavy atom. The van der Waals surface area contributed by atoms with Gasteiger partial charge >= 0.3 is 0 Å². The molecule has 0 spiro atoms. The van der Waals surface area contributed by atoms with Gasteiger partial charge in [0.05, 0.1) is 0 Å². The molecule has 5 aromatic carbocycles. The summed E-state index contributed by atoms with van der Waals surface area (Å²) in [5, 5.41) is 0. The third-order valence-electron chi connectivity index (χ3n) is 8.98. The molecule has 24 heteroatoms. The van der Waals surface area contributed by atoms with Gasteiger partial charge in [-0.05, 0) is 12.1 Å². The Morgan fingerprint density at radius 3 is 0.852 bits per heavy atom. The van der Waals surface area contributed by atoms with Gasteiger partial charge in [0.25, 0.3) is 0 Å². The van der Waals surface area contributed by atoms with E-state index in [2.05, 4.69) is 15.9 Å². The van der Waals surface area contributed by atoms with Crippen LogP contribution in [0.1, 0.15) is 10.4 Å². The number of ketones is 1. The van der Waals surface area contributed by atoms with Crippen LogP contribution < -0.4 is 26.4 Å². The Hall–Kier alpha value is -5.94. The molecular formula is C37H11BBrF20NO. The van der Waals surface area contributed by atoms with Crippen molar-refractivity contribution in [2.75, 3.05) is 0 Å². The minimum atomic E-state index is -7.22. The smallest absolute Gasteiger partial charge is 0.227 e. The predicted molar refractivity (Wildman–Crippen MR) is 174 cm³/mol. The van der Waals surface area contributed by atoms with Gasteiger partial charge in [0.2, 0.25) is 12.3 Å². The number of carbonyl (C=O) groups excluding carboxylic acids is 1. The fraction of sp³-hybridized carbons (Fsp3) is 0.0270. The summed E-state index contributed by atoms with van der Waals surface area (Å²) >= 11 is 3.34. The molecule has 2 nitrogen and oxygen atoms in total. The molecule has 1 heterocycles. The van der Waals surface area contributed by atoms with Crippen molar-refractivity contribution >= 4 is 49.7 Å². The molecule has 0 amide bonds. The summed E-state index contributed by atoms with van der Waals surface area (Å²) in [7, 11) is 0. The zero-order valence-corrected chi connectivity index (χ0v) is 30.4. The van der Waals surface area contributed by atoms with E-state index in [-0.39, 0.29) is 5.78 Å². The van der Waals surface area contributed by atoms with Crippen molar-refractivity contribution in [2.45, 2.75) is 6.54 Å². The van der Waals surface area contributed by atoms with Crippen LogP contribution in [0.5, 0.6) is 0 Å². The first-order chi connectivity index (χ1) is 28.5. The fourth-order valence-corrected chi connectivity index (χ4v) is 6.57. The average molecular weight is 956 g/mol. The molecule has 0 saturated carbocycles. The Kier molecular flexibility index (Phi) is 13.0. The number of hydrogen-bond acceptors (Lipinski definition) is 1. The van der Waals surface area contributed by atoms with E-state index in [0.717, 1.165) is 10.0 Å². The second-order valence-electron chi connectivity index (χ2n) is 12.3. The van der Waals surface area contributed by atoms with Crippen LogP contribution in [0.25, 0.3) is 0 Å². The topological polar surface area (TPSA) is 20.9 Å². The summed E-state index contributed by atoms with van der Waals surface area (Å²) < 4.78 is 297. The number of pyridine rings is 1. The zero-order valence-electron chi connectivity index (χ0n) is 28.8. The molecule has 0 saturated heterocycles. The average Bonchev–Trinajstić information content (AvgIpc) is 3.24. The lowest BCUT2D eigenvalue weighted by Crippen LogP contribution is -2.81. The van der Waals surface area contributed by atoms with Crippen LogP contribution in [0.2, 0.25) is 0 Å². The van der Waals surface area contributed by atoms with Crippen molar-refractivity contribution in [3.05, 3.63) is 181 Å². The number of benzene rings is 5. The molecule has 6 rings (SSSR count). The van der Waals surface area contributed by atoms with Crippen molar-refractivity contribution in [3.8, 4) is 0 Å². The summed E-state index contributed by atoms with van der Waals surface area (Å²) in [4.78, 5) is 11.9. The van der Waals surface area contributed by atoms with Gasteiger partial charge in [-0.25, -0.2) is 87.8 Å². The normalized spacial score (nSPS) is 11.5. The highest BCUT2D eigenvalue weighted by atomic mass is 79.9. The summed E-state index contributed by atoms with van der Waals surface area (Å²) in [6.07, 6.45) is -3.45. The lowest BCUT2D eigenvalue weighted by molar-refractivity contribution is -0.683. The first-order valence-electron chi connectivity index (χ1n) is 15.9. The van der Waals surface area contributed by atoms with Gasteiger partial charge in [0, 0.05) is 22.2 Å². The van der Waals surface area contributed by atoms with E-state index >= 15 is 35.1 Å². The van der Waals surface area contributed by atoms with Crippen LogP contribution in [-0.4, -0.2) is 11.9 Å². The summed E-state index contributed by atoms with van der Waals surface area (Å²) in [5.74, 6) is -71.3. The molecule has 0 atom stereocenters. The molecule has 320 valence electrons. The highest BCUT2D eigenvalue weighted by Gasteiger charge is 2.52. The molecule has 0 N–H and O–H groups in total.